The van der Waals surface area contributed by atoms with Crippen LogP contribution in [0.25, 0.3) is 0 Å². The summed E-state index contributed by atoms with van der Waals surface area (Å²) >= 11 is 5.96. The van der Waals surface area contributed by atoms with Crippen molar-refractivity contribution in [1.29, 1.82) is 0 Å². The Hall–Kier alpha value is -3.63. The molecule has 11 heteroatoms. The van der Waals surface area contributed by atoms with Crippen LogP contribution in [0.3, 0.4) is 0 Å². The normalized spacial score (nSPS) is 11.8. The van der Waals surface area contributed by atoms with Gasteiger partial charge >= 0.3 is 0 Å². The van der Waals surface area contributed by atoms with E-state index in [9.17, 15) is 18.0 Å². The number of hydrogen-bond donors (Lipinski definition) is 4. The van der Waals surface area contributed by atoms with Crippen molar-refractivity contribution in [3.8, 4) is 0 Å². The van der Waals surface area contributed by atoms with E-state index in [4.69, 9.17) is 11.6 Å². The number of nitrogens with one attached hydrogen (secondary N) is 4. The number of rotatable bonds is 11. The molecule has 1 heterocycles. The lowest BCUT2D eigenvalue weighted by Gasteiger charge is -2.19. The van der Waals surface area contributed by atoms with Crippen molar-refractivity contribution >= 4 is 44.8 Å². The van der Waals surface area contributed by atoms with Crippen LogP contribution < -0.4 is 20.7 Å². The van der Waals surface area contributed by atoms with Gasteiger partial charge in [-0.15, -0.1) is 0 Å². The molecule has 35 heavy (non-hydrogen) atoms. The van der Waals surface area contributed by atoms with Crippen LogP contribution in [0.1, 0.15) is 15.9 Å². The van der Waals surface area contributed by atoms with Gasteiger partial charge in [0.15, 0.2) is 0 Å². The monoisotopic (exact) mass is 515 g/mol. The van der Waals surface area contributed by atoms with E-state index in [1.807, 2.05) is 0 Å². The predicted molar refractivity (Wildman–Crippen MR) is 137 cm³/mol. The Labute approximate surface area is 209 Å². The molecule has 0 unspecified atom stereocenters. The number of aromatic nitrogens is 1. The minimum atomic E-state index is -3.43. The second kappa shape index (κ2) is 12.2. The number of pyridine rings is 1. The van der Waals surface area contributed by atoms with Gasteiger partial charge in [-0.05, 0) is 42.0 Å². The summed E-state index contributed by atoms with van der Waals surface area (Å²) in [4.78, 5) is 29.6. The zero-order valence-corrected chi connectivity index (χ0v) is 20.6. The van der Waals surface area contributed by atoms with E-state index in [-0.39, 0.29) is 18.9 Å². The number of halogens is 1. The topological polar surface area (TPSA) is 129 Å². The number of nitrogens with zero attached hydrogens (tertiary/aromatic N) is 1. The summed E-state index contributed by atoms with van der Waals surface area (Å²) < 4.78 is 25.6. The highest BCUT2D eigenvalue weighted by molar-refractivity contribution is 7.92. The SMILES string of the molecule is CS(=O)(=O)Nc1ccccc1NCCNC(=O)[C@@H](Cc1ccc(Cl)cc1)NC(=O)c1cccnc1. The van der Waals surface area contributed by atoms with Crippen LogP contribution in [-0.4, -0.2) is 50.6 Å². The molecule has 0 spiro atoms. The first-order chi connectivity index (χ1) is 16.7. The zero-order chi connectivity index (χ0) is 25.3. The maximum Gasteiger partial charge on any atom is 0.253 e. The molecule has 2 amide bonds. The van der Waals surface area contributed by atoms with Crippen LogP contribution in [0.15, 0.2) is 73.1 Å². The Bertz CT molecular complexity index is 1250. The lowest BCUT2D eigenvalue weighted by molar-refractivity contribution is -0.122. The predicted octanol–water partition coefficient (Wildman–Crippen LogP) is 2.68. The standard InChI is InChI=1S/C24H26ClN5O4S/c1-35(33,34)30-21-7-3-2-6-20(21)27-13-14-28-24(32)22(15-17-8-10-19(25)11-9-17)29-23(31)18-5-4-12-26-16-18/h2-12,16,22,27,30H,13-15H2,1H3,(H,28,32)(H,29,31)/t22-/m1/s1. The maximum absolute atomic E-state index is 13.0. The molecule has 0 aliphatic carbocycles. The molecular formula is C24H26ClN5O4S. The number of benzene rings is 2. The van der Waals surface area contributed by atoms with Crippen LogP contribution >= 0.6 is 11.6 Å². The van der Waals surface area contributed by atoms with Crippen molar-refractivity contribution in [3.05, 3.63) is 89.2 Å². The third-order valence-electron chi connectivity index (χ3n) is 4.86. The Morgan fingerprint density at radius 1 is 0.971 bits per heavy atom. The Morgan fingerprint density at radius 2 is 1.69 bits per heavy atom. The molecule has 0 fully saturated rings. The van der Waals surface area contributed by atoms with Gasteiger partial charge in [-0.25, -0.2) is 8.42 Å². The number of sulfonamides is 1. The summed E-state index contributed by atoms with van der Waals surface area (Å²) in [6, 6.07) is 16.3. The molecule has 2 aromatic carbocycles. The van der Waals surface area contributed by atoms with Crippen molar-refractivity contribution in [2.24, 2.45) is 0 Å². The molecule has 9 nitrogen and oxygen atoms in total. The molecule has 3 aromatic rings. The summed E-state index contributed by atoms with van der Waals surface area (Å²) in [5, 5.41) is 9.26. The van der Waals surface area contributed by atoms with E-state index in [1.165, 1.54) is 6.20 Å². The molecule has 0 aliphatic rings. The van der Waals surface area contributed by atoms with Crippen LogP contribution in [-0.2, 0) is 21.2 Å². The van der Waals surface area contributed by atoms with Crippen LogP contribution in [0.2, 0.25) is 5.02 Å². The fourth-order valence-corrected chi connectivity index (χ4v) is 3.94. The van der Waals surface area contributed by atoms with Gasteiger partial charge in [-0.1, -0.05) is 35.9 Å². The van der Waals surface area contributed by atoms with Crippen molar-refractivity contribution in [3.63, 3.8) is 0 Å². The summed E-state index contributed by atoms with van der Waals surface area (Å²) in [5.74, 6) is -0.771. The lowest BCUT2D eigenvalue weighted by Crippen LogP contribution is -2.48. The third kappa shape index (κ3) is 8.58. The minimum absolute atomic E-state index is 0.242. The first-order valence-electron chi connectivity index (χ1n) is 10.7. The number of para-hydroxylation sites is 2. The van der Waals surface area contributed by atoms with Gasteiger partial charge in [0.2, 0.25) is 15.9 Å². The smallest absolute Gasteiger partial charge is 0.253 e. The van der Waals surface area contributed by atoms with Gasteiger partial charge in [0.1, 0.15) is 6.04 Å². The van der Waals surface area contributed by atoms with E-state index in [1.54, 1.807) is 66.9 Å². The molecule has 1 atom stereocenters. The van der Waals surface area contributed by atoms with Crippen molar-refractivity contribution in [2.45, 2.75) is 12.5 Å². The lowest BCUT2D eigenvalue weighted by atomic mass is 10.0. The van der Waals surface area contributed by atoms with E-state index in [0.29, 0.717) is 28.5 Å². The van der Waals surface area contributed by atoms with E-state index >= 15 is 0 Å². The Morgan fingerprint density at radius 3 is 2.34 bits per heavy atom. The Balaban J connectivity index is 1.62. The first-order valence-corrected chi connectivity index (χ1v) is 13.0. The summed E-state index contributed by atoms with van der Waals surface area (Å²) in [6.45, 7) is 0.574. The fraction of sp³-hybridized carbons (Fsp3) is 0.208. The van der Waals surface area contributed by atoms with Gasteiger partial charge in [0, 0.05) is 36.9 Å². The van der Waals surface area contributed by atoms with Gasteiger partial charge in [-0.3, -0.25) is 19.3 Å². The molecule has 4 N–H and O–H groups in total. The molecule has 3 rings (SSSR count). The van der Waals surface area contributed by atoms with Crippen molar-refractivity contribution in [2.75, 3.05) is 29.4 Å². The molecule has 0 saturated heterocycles. The maximum atomic E-state index is 13.0. The van der Waals surface area contributed by atoms with Crippen molar-refractivity contribution < 1.29 is 18.0 Å². The second-order valence-corrected chi connectivity index (χ2v) is 9.92. The number of carbonyl (C=O) groups is 2. The van der Waals surface area contributed by atoms with E-state index in [2.05, 4.69) is 25.7 Å². The molecule has 1 aromatic heterocycles. The van der Waals surface area contributed by atoms with Gasteiger partial charge in [0.05, 0.1) is 23.2 Å². The van der Waals surface area contributed by atoms with Gasteiger partial charge in [0.25, 0.3) is 5.91 Å². The van der Waals surface area contributed by atoms with E-state index in [0.717, 1.165) is 11.8 Å². The average molecular weight is 516 g/mol. The fourth-order valence-electron chi connectivity index (χ4n) is 3.24. The minimum Gasteiger partial charge on any atom is -0.382 e. The second-order valence-electron chi connectivity index (χ2n) is 7.74. The summed E-state index contributed by atoms with van der Waals surface area (Å²) in [7, 11) is -3.43. The van der Waals surface area contributed by atoms with Crippen LogP contribution in [0, 0.1) is 0 Å². The number of hydrogen-bond acceptors (Lipinski definition) is 6. The third-order valence-corrected chi connectivity index (χ3v) is 5.70. The highest BCUT2D eigenvalue weighted by Gasteiger charge is 2.22. The first kappa shape index (κ1) is 26.0. The quantitative estimate of drug-likeness (QED) is 0.291. The van der Waals surface area contributed by atoms with E-state index < -0.39 is 22.0 Å². The molecule has 0 bridgehead atoms. The Kier molecular flexibility index (Phi) is 9.04. The summed E-state index contributed by atoms with van der Waals surface area (Å²) in [5.41, 5.74) is 2.17. The largest absolute Gasteiger partial charge is 0.382 e. The van der Waals surface area contributed by atoms with Crippen LogP contribution in [0.5, 0.6) is 0 Å². The molecule has 0 saturated carbocycles. The van der Waals surface area contributed by atoms with Gasteiger partial charge in [-0.2, -0.15) is 0 Å². The highest BCUT2D eigenvalue weighted by Crippen LogP contribution is 2.21. The van der Waals surface area contributed by atoms with Crippen LogP contribution in [0.4, 0.5) is 11.4 Å². The molecule has 0 aliphatic heterocycles. The summed E-state index contributed by atoms with van der Waals surface area (Å²) in [6.07, 6.45) is 4.33. The number of carbonyl (C=O) groups excluding carboxylic acids is 2. The molecule has 184 valence electrons. The number of amides is 2. The average Bonchev–Trinajstić information content (AvgIpc) is 2.83. The number of anilines is 2. The molecular weight excluding hydrogens is 490 g/mol. The highest BCUT2D eigenvalue weighted by atomic mass is 35.5. The molecule has 0 radical (unpaired) electrons. The van der Waals surface area contributed by atoms with Gasteiger partial charge < -0.3 is 16.0 Å². The van der Waals surface area contributed by atoms with Crippen molar-refractivity contribution in [1.82, 2.24) is 15.6 Å². The zero-order valence-electron chi connectivity index (χ0n) is 19.0.